The number of hydrogen-bond donors (Lipinski definition) is 1. The van der Waals surface area contributed by atoms with Crippen LogP contribution in [0.2, 0.25) is 0 Å². The van der Waals surface area contributed by atoms with Gasteiger partial charge in [0.05, 0.1) is 0 Å². The highest BCUT2D eigenvalue weighted by atomic mass is 19.3. The first-order valence-corrected chi connectivity index (χ1v) is 7.84. The van der Waals surface area contributed by atoms with Crippen molar-refractivity contribution in [3.8, 4) is 5.75 Å². The molecule has 2 rings (SSSR count). The molecule has 2 atom stereocenters. The molecule has 2 nitrogen and oxygen atoms in total. The van der Waals surface area contributed by atoms with Crippen LogP contribution in [0.15, 0.2) is 24.3 Å². The third-order valence-electron chi connectivity index (χ3n) is 4.04. The molecular formula is C17H25F2NO. The molecule has 4 heteroatoms. The van der Waals surface area contributed by atoms with Gasteiger partial charge in [-0.3, -0.25) is 0 Å². The van der Waals surface area contributed by atoms with Crippen molar-refractivity contribution in [3.05, 3.63) is 24.3 Å². The molecule has 1 aliphatic rings. The largest absolute Gasteiger partial charge is 0.435 e. The van der Waals surface area contributed by atoms with Gasteiger partial charge >= 0.3 is 6.61 Å². The summed E-state index contributed by atoms with van der Waals surface area (Å²) in [6.45, 7) is 1.79. The van der Waals surface area contributed by atoms with Gasteiger partial charge in [-0.15, -0.1) is 0 Å². The highest BCUT2D eigenvalue weighted by Gasteiger charge is 2.22. The number of rotatable bonds is 6. The number of ether oxygens (including phenoxy) is 1. The van der Waals surface area contributed by atoms with Gasteiger partial charge < -0.3 is 10.1 Å². The van der Waals surface area contributed by atoms with E-state index in [1.807, 2.05) is 12.1 Å². The maximum absolute atomic E-state index is 12.1. The van der Waals surface area contributed by atoms with Gasteiger partial charge in [0.15, 0.2) is 0 Å². The summed E-state index contributed by atoms with van der Waals surface area (Å²) in [6, 6.07) is 7.28. The summed E-state index contributed by atoms with van der Waals surface area (Å²) in [7, 11) is 0. The molecule has 21 heavy (non-hydrogen) atoms. The van der Waals surface area contributed by atoms with Crippen LogP contribution in [-0.4, -0.2) is 12.7 Å². The fraction of sp³-hybridized carbons (Fsp3) is 0.647. The van der Waals surface area contributed by atoms with Crippen molar-refractivity contribution in [2.75, 3.05) is 5.32 Å². The molecule has 2 unspecified atom stereocenters. The summed E-state index contributed by atoms with van der Waals surface area (Å²) in [6.07, 6.45) is 6.27. The molecule has 118 valence electrons. The van der Waals surface area contributed by atoms with E-state index < -0.39 is 6.61 Å². The molecule has 0 heterocycles. The lowest BCUT2D eigenvalue weighted by atomic mass is 9.81. The first-order valence-electron chi connectivity index (χ1n) is 7.84. The van der Waals surface area contributed by atoms with Gasteiger partial charge in [0.25, 0.3) is 0 Å². The second-order valence-electron chi connectivity index (χ2n) is 6.41. The minimum atomic E-state index is -2.76. The van der Waals surface area contributed by atoms with Crippen molar-refractivity contribution in [3.63, 3.8) is 0 Å². The van der Waals surface area contributed by atoms with Crippen LogP contribution < -0.4 is 10.1 Å². The number of halogens is 2. The van der Waals surface area contributed by atoms with Gasteiger partial charge in [-0.1, -0.05) is 26.7 Å². The summed E-state index contributed by atoms with van der Waals surface area (Å²) in [5.74, 6) is 1.76. The van der Waals surface area contributed by atoms with Gasteiger partial charge in [-0.05, 0) is 55.4 Å². The molecule has 0 spiro atoms. The lowest BCUT2D eigenvalue weighted by Gasteiger charge is -2.31. The minimum absolute atomic E-state index is 0.205. The van der Waals surface area contributed by atoms with E-state index in [1.165, 1.54) is 32.1 Å². The van der Waals surface area contributed by atoms with E-state index in [2.05, 4.69) is 23.9 Å². The van der Waals surface area contributed by atoms with Gasteiger partial charge in [0, 0.05) is 11.7 Å². The van der Waals surface area contributed by atoms with Crippen LogP contribution >= 0.6 is 0 Å². The summed E-state index contributed by atoms with van der Waals surface area (Å²) in [5, 5.41) is 3.52. The van der Waals surface area contributed by atoms with Crippen molar-refractivity contribution >= 4 is 5.69 Å². The zero-order chi connectivity index (χ0) is 15.2. The molecule has 0 radical (unpaired) electrons. The molecule has 0 bridgehead atoms. The van der Waals surface area contributed by atoms with Crippen molar-refractivity contribution in [2.45, 2.75) is 58.6 Å². The van der Waals surface area contributed by atoms with E-state index in [9.17, 15) is 8.78 Å². The Morgan fingerprint density at radius 3 is 2.52 bits per heavy atom. The molecule has 0 amide bonds. The van der Waals surface area contributed by atoms with Gasteiger partial charge in [-0.2, -0.15) is 8.78 Å². The summed E-state index contributed by atoms with van der Waals surface area (Å²) in [4.78, 5) is 0. The Balaban J connectivity index is 1.86. The normalized spacial score (nSPS) is 22.6. The summed E-state index contributed by atoms with van der Waals surface area (Å²) < 4.78 is 28.6. The van der Waals surface area contributed by atoms with Crippen molar-refractivity contribution in [1.82, 2.24) is 0 Å². The molecule has 1 aliphatic carbocycles. The van der Waals surface area contributed by atoms with E-state index in [0.717, 1.165) is 17.5 Å². The van der Waals surface area contributed by atoms with Crippen LogP contribution in [-0.2, 0) is 0 Å². The van der Waals surface area contributed by atoms with Gasteiger partial charge in [-0.25, -0.2) is 0 Å². The fourth-order valence-electron chi connectivity index (χ4n) is 3.27. The van der Waals surface area contributed by atoms with E-state index in [1.54, 1.807) is 12.1 Å². The van der Waals surface area contributed by atoms with E-state index >= 15 is 0 Å². The minimum Gasteiger partial charge on any atom is -0.435 e. The van der Waals surface area contributed by atoms with Crippen molar-refractivity contribution in [2.24, 2.45) is 11.8 Å². The second kappa shape index (κ2) is 7.62. The molecular weight excluding hydrogens is 272 g/mol. The third kappa shape index (κ3) is 5.52. The maximum atomic E-state index is 12.1. The van der Waals surface area contributed by atoms with Crippen molar-refractivity contribution < 1.29 is 13.5 Å². The Bertz CT molecular complexity index is 419. The zero-order valence-corrected chi connectivity index (χ0v) is 12.8. The summed E-state index contributed by atoms with van der Waals surface area (Å²) in [5.41, 5.74) is 0.979. The first-order chi connectivity index (χ1) is 10.0. The standard InChI is InChI=1S/C17H25F2NO/c1-12(2)10-13-4-3-5-15(11-13)20-14-6-8-16(9-7-14)21-17(18)19/h6-9,12-13,15,17,20H,3-5,10-11H2,1-2H3. The topological polar surface area (TPSA) is 21.3 Å². The number of hydrogen-bond acceptors (Lipinski definition) is 2. The molecule has 1 aromatic rings. The smallest absolute Gasteiger partial charge is 0.387 e. The van der Waals surface area contributed by atoms with Gasteiger partial charge in [0.1, 0.15) is 5.75 Å². The van der Waals surface area contributed by atoms with Crippen molar-refractivity contribution in [1.29, 1.82) is 0 Å². The van der Waals surface area contributed by atoms with E-state index in [0.29, 0.717) is 6.04 Å². The number of anilines is 1. The van der Waals surface area contributed by atoms with Crippen LogP contribution in [0.3, 0.4) is 0 Å². The quantitative estimate of drug-likeness (QED) is 0.768. The average molecular weight is 297 g/mol. The number of nitrogens with one attached hydrogen (secondary N) is 1. The predicted molar refractivity (Wildman–Crippen MR) is 81.9 cm³/mol. The number of alkyl halides is 2. The van der Waals surface area contributed by atoms with Crippen LogP contribution in [0.5, 0.6) is 5.75 Å². The second-order valence-corrected chi connectivity index (χ2v) is 6.41. The SMILES string of the molecule is CC(C)CC1CCCC(Nc2ccc(OC(F)F)cc2)C1. The Labute approximate surface area is 125 Å². The van der Waals surface area contributed by atoms with E-state index in [-0.39, 0.29) is 5.75 Å². The fourth-order valence-corrected chi connectivity index (χ4v) is 3.27. The van der Waals surface area contributed by atoms with E-state index in [4.69, 9.17) is 0 Å². The van der Waals surface area contributed by atoms with Crippen LogP contribution in [0.1, 0.15) is 46.0 Å². The molecule has 1 aromatic carbocycles. The Hall–Kier alpha value is -1.32. The lowest BCUT2D eigenvalue weighted by Crippen LogP contribution is -2.27. The molecule has 1 fully saturated rings. The molecule has 0 saturated heterocycles. The van der Waals surface area contributed by atoms with Gasteiger partial charge in [0.2, 0.25) is 0 Å². The van der Waals surface area contributed by atoms with Crippen LogP contribution in [0.25, 0.3) is 0 Å². The average Bonchev–Trinajstić information content (AvgIpc) is 2.40. The molecule has 0 aliphatic heterocycles. The highest BCUT2D eigenvalue weighted by Crippen LogP contribution is 2.31. The Kier molecular flexibility index (Phi) is 5.83. The maximum Gasteiger partial charge on any atom is 0.387 e. The molecule has 1 N–H and O–H groups in total. The zero-order valence-electron chi connectivity index (χ0n) is 12.8. The Morgan fingerprint density at radius 2 is 1.90 bits per heavy atom. The lowest BCUT2D eigenvalue weighted by molar-refractivity contribution is -0.0498. The van der Waals surface area contributed by atoms with Crippen LogP contribution in [0.4, 0.5) is 14.5 Å². The number of benzene rings is 1. The Morgan fingerprint density at radius 1 is 1.19 bits per heavy atom. The predicted octanol–water partition coefficient (Wildman–Crippen LogP) is 5.30. The first kappa shape index (κ1) is 16.1. The summed E-state index contributed by atoms with van der Waals surface area (Å²) >= 11 is 0. The van der Waals surface area contributed by atoms with Crippen LogP contribution in [0, 0.1) is 11.8 Å². The monoisotopic (exact) mass is 297 g/mol. The highest BCUT2D eigenvalue weighted by molar-refractivity contribution is 5.47. The molecule has 1 saturated carbocycles. The third-order valence-corrected chi connectivity index (χ3v) is 4.04. The molecule has 0 aromatic heterocycles.